The Morgan fingerprint density at radius 3 is 2.03 bits per heavy atom. The molecule has 33 heavy (non-hydrogen) atoms. The number of nitrogens with zero attached hydrogens (tertiary/aromatic N) is 2. The molecule has 0 radical (unpaired) electrons. The minimum absolute atomic E-state index is 0.176. The maximum Gasteiger partial charge on any atom is 0.306 e. The molecular weight excluding hydrogens is 416 g/mol. The molecule has 6 nitrogen and oxygen atoms in total. The van der Waals surface area contributed by atoms with Crippen molar-refractivity contribution >= 4 is 5.97 Å². The second-order valence-electron chi connectivity index (χ2n) is 7.91. The highest BCUT2D eigenvalue weighted by Crippen LogP contribution is 2.24. The molecule has 2 aromatic carbocycles. The second kappa shape index (κ2) is 12.6. The third kappa shape index (κ3) is 7.59. The van der Waals surface area contributed by atoms with Crippen molar-refractivity contribution in [3.63, 3.8) is 0 Å². The first kappa shape index (κ1) is 24.2. The van der Waals surface area contributed by atoms with E-state index in [1.165, 1.54) is 0 Å². The van der Waals surface area contributed by atoms with Crippen molar-refractivity contribution in [2.24, 2.45) is 0 Å². The molecule has 6 heteroatoms. The molecule has 174 valence electrons. The largest absolute Gasteiger partial charge is 0.494 e. The van der Waals surface area contributed by atoms with Crippen LogP contribution in [0.5, 0.6) is 11.5 Å². The van der Waals surface area contributed by atoms with Crippen molar-refractivity contribution in [3.05, 3.63) is 60.9 Å². The lowest BCUT2D eigenvalue weighted by Gasteiger charge is -2.14. The van der Waals surface area contributed by atoms with Crippen LogP contribution in [-0.4, -0.2) is 35.3 Å². The Kier molecular flexibility index (Phi) is 9.24. The van der Waals surface area contributed by atoms with Gasteiger partial charge in [-0.25, -0.2) is 9.97 Å². The van der Waals surface area contributed by atoms with E-state index in [4.69, 9.17) is 14.2 Å². The van der Waals surface area contributed by atoms with Gasteiger partial charge in [-0.2, -0.15) is 0 Å². The van der Waals surface area contributed by atoms with Gasteiger partial charge in [-0.15, -0.1) is 0 Å². The van der Waals surface area contributed by atoms with Crippen LogP contribution in [0.1, 0.15) is 46.5 Å². The lowest BCUT2D eigenvalue weighted by Crippen LogP contribution is -2.21. The summed E-state index contributed by atoms with van der Waals surface area (Å²) in [6.07, 6.45) is 6.60. The van der Waals surface area contributed by atoms with Gasteiger partial charge in [0.05, 0.1) is 6.61 Å². The third-order valence-corrected chi connectivity index (χ3v) is 4.98. The zero-order valence-electron chi connectivity index (χ0n) is 19.6. The number of unbranched alkanes of at least 4 members (excludes halogenated alkanes) is 1. The number of ether oxygens (including phenoxy) is 3. The van der Waals surface area contributed by atoms with Crippen molar-refractivity contribution in [1.29, 1.82) is 0 Å². The molecular formula is C27H32N2O4. The zero-order valence-corrected chi connectivity index (χ0v) is 19.6. The molecule has 3 rings (SSSR count). The first-order valence-corrected chi connectivity index (χ1v) is 11.6. The molecule has 1 atom stereocenters. The molecule has 0 saturated heterocycles. The summed E-state index contributed by atoms with van der Waals surface area (Å²) in [4.78, 5) is 20.7. The fourth-order valence-corrected chi connectivity index (χ4v) is 3.14. The molecule has 0 aliphatic heterocycles. The van der Waals surface area contributed by atoms with Gasteiger partial charge in [0.1, 0.15) is 24.2 Å². The molecule has 0 N–H and O–H groups in total. The molecule has 0 spiro atoms. The van der Waals surface area contributed by atoms with Crippen molar-refractivity contribution < 1.29 is 19.0 Å². The van der Waals surface area contributed by atoms with Gasteiger partial charge in [0.15, 0.2) is 5.82 Å². The lowest BCUT2D eigenvalue weighted by atomic mass is 10.1. The molecule has 0 bridgehead atoms. The highest BCUT2D eigenvalue weighted by atomic mass is 16.6. The van der Waals surface area contributed by atoms with Crippen LogP contribution >= 0.6 is 0 Å². The van der Waals surface area contributed by atoms with E-state index in [0.29, 0.717) is 31.2 Å². The van der Waals surface area contributed by atoms with E-state index in [9.17, 15) is 4.79 Å². The van der Waals surface area contributed by atoms with Gasteiger partial charge in [-0.05, 0) is 61.7 Å². The van der Waals surface area contributed by atoms with E-state index >= 15 is 0 Å². The van der Waals surface area contributed by atoms with Crippen LogP contribution in [0.4, 0.5) is 0 Å². The van der Waals surface area contributed by atoms with E-state index in [0.717, 1.165) is 41.7 Å². The monoisotopic (exact) mass is 448 g/mol. The van der Waals surface area contributed by atoms with Gasteiger partial charge >= 0.3 is 5.97 Å². The van der Waals surface area contributed by atoms with E-state index in [1.54, 1.807) is 0 Å². The standard InChI is InChI=1S/C27H32N2O4/c1-4-6-7-26(30)33-20(3)19-32-25-14-10-22(11-15-25)27-28-17-23(18-29-27)21-8-12-24(13-9-21)31-16-5-2/h8-15,17-18,20H,4-7,16,19H2,1-3H3. The first-order chi connectivity index (χ1) is 16.1. The molecule has 0 amide bonds. The van der Waals surface area contributed by atoms with Crippen LogP contribution < -0.4 is 9.47 Å². The highest BCUT2D eigenvalue weighted by Gasteiger charge is 2.10. The number of carbonyl (C=O) groups excluding carboxylic acids is 1. The topological polar surface area (TPSA) is 70.5 Å². The minimum atomic E-state index is -0.294. The van der Waals surface area contributed by atoms with Crippen LogP contribution in [0.3, 0.4) is 0 Å². The quantitative estimate of drug-likeness (QED) is 0.312. The molecule has 1 aromatic heterocycles. The number of aromatic nitrogens is 2. The predicted molar refractivity (Wildman–Crippen MR) is 129 cm³/mol. The summed E-state index contributed by atoms with van der Waals surface area (Å²) >= 11 is 0. The van der Waals surface area contributed by atoms with Gasteiger partial charge < -0.3 is 14.2 Å². The normalized spacial score (nSPS) is 11.6. The van der Waals surface area contributed by atoms with Gasteiger partial charge in [0.25, 0.3) is 0 Å². The van der Waals surface area contributed by atoms with Crippen LogP contribution in [0, 0.1) is 0 Å². The Balaban J connectivity index is 1.53. The molecule has 1 heterocycles. The summed E-state index contributed by atoms with van der Waals surface area (Å²) in [5, 5.41) is 0. The van der Waals surface area contributed by atoms with E-state index < -0.39 is 0 Å². The smallest absolute Gasteiger partial charge is 0.306 e. The number of carbonyl (C=O) groups is 1. The Hall–Kier alpha value is -3.41. The lowest BCUT2D eigenvalue weighted by molar-refractivity contribution is -0.149. The summed E-state index contributed by atoms with van der Waals surface area (Å²) in [7, 11) is 0. The fraction of sp³-hybridized carbons (Fsp3) is 0.370. The molecule has 0 aliphatic rings. The summed E-state index contributed by atoms with van der Waals surface area (Å²) in [6.45, 7) is 6.99. The van der Waals surface area contributed by atoms with Crippen LogP contribution in [0.2, 0.25) is 0 Å². The number of rotatable bonds is 12. The Morgan fingerprint density at radius 2 is 1.42 bits per heavy atom. The zero-order chi connectivity index (χ0) is 23.5. The number of esters is 1. The molecule has 1 unspecified atom stereocenters. The molecule has 3 aromatic rings. The van der Waals surface area contributed by atoms with Crippen molar-refractivity contribution in [2.75, 3.05) is 13.2 Å². The predicted octanol–water partition coefficient (Wildman–Crippen LogP) is 6.10. The van der Waals surface area contributed by atoms with Crippen molar-refractivity contribution in [1.82, 2.24) is 9.97 Å². The average Bonchev–Trinajstić information content (AvgIpc) is 2.86. The summed E-state index contributed by atoms with van der Waals surface area (Å²) in [5.74, 6) is 2.04. The van der Waals surface area contributed by atoms with Gasteiger partial charge in [-0.3, -0.25) is 4.79 Å². The summed E-state index contributed by atoms with van der Waals surface area (Å²) < 4.78 is 16.7. The SMILES string of the molecule is CCCCC(=O)OC(C)COc1ccc(-c2ncc(-c3ccc(OCCC)cc3)cn2)cc1. The van der Waals surface area contributed by atoms with Crippen LogP contribution in [0.15, 0.2) is 60.9 Å². The van der Waals surface area contributed by atoms with Gasteiger partial charge in [-0.1, -0.05) is 32.4 Å². The van der Waals surface area contributed by atoms with E-state index in [1.807, 2.05) is 74.8 Å². The maximum atomic E-state index is 11.7. The second-order valence-corrected chi connectivity index (χ2v) is 7.91. The Labute approximate surface area is 196 Å². The Morgan fingerprint density at radius 1 is 0.818 bits per heavy atom. The number of hydrogen-bond donors (Lipinski definition) is 0. The summed E-state index contributed by atoms with van der Waals surface area (Å²) in [6, 6.07) is 15.5. The highest BCUT2D eigenvalue weighted by molar-refractivity contribution is 5.69. The van der Waals surface area contributed by atoms with E-state index in [2.05, 4.69) is 16.9 Å². The first-order valence-electron chi connectivity index (χ1n) is 11.6. The minimum Gasteiger partial charge on any atom is -0.494 e. The average molecular weight is 449 g/mol. The van der Waals surface area contributed by atoms with Crippen LogP contribution in [-0.2, 0) is 9.53 Å². The van der Waals surface area contributed by atoms with Gasteiger partial charge in [0.2, 0.25) is 0 Å². The number of hydrogen-bond acceptors (Lipinski definition) is 6. The summed E-state index contributed by atoms with van der Waals surface area (Å²) in [5.41, 5.74) is 2.89. The molecule has 0 saturated carbocycles. The third-order valence-electron chi connectivity index (χ3n) is 4.98. The number of benzene rings is 2. The molecule has 0 aliphatic carbocycles. The molecule has 0 fully saturated rings. The van der Waals surface area contributed by atoms with Crippen LogP contribution in [0.25, 0.3) is 22.5 Å². The van der Waals surface area contributed by atoms with Crippen molar-refractivity contribution in [3.8, 4) is 34.0 Å². The van der Waals surface area contributed by atoms with E-state index in [-0.39, 0.29) is 12.1 Å². The fourth-order valence-electron chi connectivity index (χ4n) is 3.14. The maximum absolute atomic E-state index is 11.7. The Bertz CT molecular complexity index is 986. The van der Waals surface area contributed by atoms with Gasteiger partial charge in [0, 0.05) is 29.9 Å². The van der Waals surface area contributed by atoms with Crippen molar-refractivity contribution in [2.45, 2.75) is 52.6 Å².